The van der Waals surface area contributed by atoms with Gasteiger partial charge in [0.05, 0.1) is 13.1 Å². The van der Waals surface area contributed by atoms with Crippen LogP contribution in [-0.4, -0.2) is 23.6 Å². The van der Waals surface area contributed by atoms with Crippen molar-refractivity contribution < 1.29 is 0 Å². The van der Waals surface area contributed by atoms with Gasteiger partial charge < -0.3 is 15.2 Å². The molecule has 1 aromatic carbocycles. The summed E-state index contributed by atoms with van der Waals surface area (Å²) in [6.07, 6.45) is 1.81. The van der Waals surface area contributed by atoms with Crippen LogP contribution in [0.4, 0.5) is 0 Å². The molecule has 23 heavy (non-hydrogen) atoms. The number of guanidine groups is 1. The maximum Gasteiger partial charge on any atom is 0.250 e. The molecule has 122 valence electrons. The van der Waals surface area contributed by atoms with E-state index in [1.807, 2.05) is 32.0 Å². The van der Waals surface area contributed by atoms with Gasteiger partial charge in [-0.05, 0) is 31.0 Å². The van der Waals surface area contributed by atoms with Gasteiger partial charge in [0.25, 0.3) is 5.56 Å². The van der Waals surface area contributed by atoms with Crippen LogP contribution in [0.15, 0.2) is 58.4 Å². The molecule has 2 aromatic rings. The predicted molar refractivity (Wildman–Crippen MR) is 94.7 cm³/mol. The van der Waals surface area contributed by atoms with Gasteiger partial charge >= 0.3 is 0 Å². The Labute approximate surface area is 137 Å². The molecular formula is C18H24N4O. The SMILES string of the molecule is CCNC(=NCc1ccc(Cn2ccccc2=O)cc1)NCC. The molecule has 5 heteroatoms. The van der Waals surface area contributed by atoms with E-state index in [1.165, 1.54) is 0 Å². The number of nitrogens with one attached hydrogen (secondary N) is 2. The van der Waals surface area contributed by atoms with Crippen LogP contribution in [0.2, 0.25) is 0 Å². The first-order valence-electron chi connectivity index (χ1n) is 7.98. The van der Waals surface area contributed by atoms with Crippen molar-refractivity contribution in [3.63, 3.8) is 0 Å². The molecule has 0 radical (unpaired) electrons. The van der Waals surface area contributed by atoms with Gasteiger partial charge in [-0.1, -0.05) is 30.3 Å². The molecule has 0 aliphatic rings. The highest BCUT2D eigenvalue weighted by atomic mass is 16.1. The predicted octanol–water partition coefficient (Wildman–Crippen LogP) is 1.97. The summed E-state index contributed by atoms with van der Waals surface area (Å²) in [5.74, 6) is 0.829. The van der Waals surface area contributed by atoms with Gasteiger partial charge in [0.2, 0.25) is 0 Å². The van der Waals surface area contributed by atoms with E-state index < -0.39 is 0 Å². The van der Waals surface area contributed by atoms with Crippen LogP contribution in [0.3, 0.4) is 0 Å². The van der Waals surface area contributed by atoms with Crippen molar-refractivity contribution >= 4 is 5.96 Å². The number of aliphatic imine (C=N–C) groups is 1. The fraction of sp³-hybridized carbons (Fsp3) is 0.333. The molecule has 5 nitrogen and oxygen atoms in total. The Balaban J connectivity index is 2.00. The third-order valence-corrected chi connectivity index (χ3v) is 3.38. The van der Waals surface area contributed by atoms with Crippen molar-refractivity contribution in [1.29, 1.82) is 0 Å². The zero-order valence-corrected chi connectivity index (χ0v) is 13.7. The molecular weight excluding hydrogens is 288 g/mol. The summed E-state index contributed by atoms with van der Waals surface area (Å²) in [6, 6.07) is 13.4. The Morgan fingerprint density at radius 3 is 2.26 bits per heavy atom. The van der Waals surface area contributed by atoms with E-state index >= 15 is 0 Å². The Bertz CT molecular complexity index is 681. The van der Waals surface area contributed by atoms with E-state index in [4.69, 9.17) is 0 Å². The molecule has 2 N–H and O–H groups in total. The number of aromatic nitrogens is 1. The van der Waals surface area contributed by atoms with Gasteiger partial charge in [-0.15, -0.1) is 0 Å². The lowest BCUT2D eigenvalue weighted by Gasteiger charge is -2.09. The van der Waals surface area contributed by atoms with Crippen molar-refractivity contribution in [1.82, 2.24) is 15.2 Å². The van der Waals surface area contributed by atoms with E-state index in [0.717, 1.165) is 30.2 Å². The second-order valence-electron chi connectivity index (χ2n) is 5.21. The largest absolute Gasteiger partial charge is 0.357 e. The minimum absolute atomic E-state index is 0.0158. The first-order valence-corrected chi connectivity index (χ1v) is 7.98. The smallest absolute Gasteiger partial charge is 0.250 e. The molecule has 1 aromatic heterocycles. The number of nitrogens with zero attached hydrogens (tertiary/aromatic N) is 2. The summed E-state index contributed by atoms with van der Waals surface area (Å²) in [4.78, 5) is 16.3. The summed E-state index contributed by atoms with van der Waals surface area (Å²) >= 11 is 0. The van der Waals surface area contributed by atoms with Gasteiger partial charge in [0.1, 0.15) is 0 Å². The highest BCUT2D eigenvalue weighted by Crippen LogP contribution is 2.07. The molecule has 0 unspecified atom stereocenters. The lowest BCUT2D eigenvalue weighted by Crippen LogP contribution is -2.36. The highest BCUT2D eigenvalue weighted by Gasteiger charge is 1.99. The van der Waals surface area contributed by atoms with Crippen LogP contribution in [0, 0.1) is 0 Å². The number of hydrogen-bond acceptors (Lipinski definition) is 2. The van der Waals surface area contributed by atoms with Crippen LogP contribution in [0.25, 0.3) is 0 Å². The first kappa shape index (κ1) is 16.8. The quantitative estimate of drug-likeness (QED) is 0.633. The molecule has 0 fully saturated rings. The average molecular weight is 312 g/mol. The van der Waals surface area contributed by atoms with Crippen molar-refractivity contribution in [2.45, 2.75) is 26.9 Å². The normalized spacial score (nSPS) is 10.2. The Kier molecular flexibility index (Phi) is 6.41. The van der Waals surface area contributed by atoms with Gasteiger partial charge in [0.15, 0.2) is 5.96 Å². The van der Waals surface area contributed by atoms with Gasteiger partial charge in [-0.25, -0.2) is 4.99 Å². The molecule has 1 heterocycles. The zero-order chi connectivity index (χ0) is 16.5. The maximum absolute atomic E-state index is 11.7. The first-order chi connectivity index (χ1) is 11.2. The lowest BCUT2D eigenvalue weighted by molar-refractivity contribution is 0.759. The Morgan fingerprint density at radius 2 is 1.65 bits per heavy atom. The van der Waals surface area contributed by atoms with Gasteiger partial charge in [-0.2, -0.15) is 0 Å². The molecule has 0 saturated heterocycles. The Hall–Kier alpha value is -2.56. The molecule has 2 rings (SSSR count). The van der Waals surface area contributed by atoms with Crippen molar-refractivity contribution in [3.8, 4) is 0 Å². The van der Waals surface area contributed by atoms with Crippen LogP contribution in [0.1, 0.15) is 25.0 Å². The summed E-state index contributed by atoms with van der Waals surface area (Å²) in [7, 11) is 0. The summed E-state index contributed by atoms with van der Waals surface area (Å²) in [6.45, 7) is 7.00. The van der Waals surface area contributed by atoms with Gasteiger partial charge in [0, 0.05) is 25.4 Å². The van der Waals surface area contributed by atoms with E-state index in [1.54, 1.807) is 22.9 Å². The lowest BCUT2D eigenvalue weighted by atomic mass is 10.1. The second kappa shape index (κ2) is 8.78. The number of pyridine rings is 1. The average Bonchev–Trinajstić information content (AvgIpc) is 2.56. The van der Waals surface area contributed by atoms with Crippen LogP contribution >= 0.6 is 0 Å². The zero-order valence-electron chi connectivity index (χ0n) is 13.7. The summed E-state index contributed by atoms with van der Waals surface area (Å²) < 4.78 is 1.70. The molecule has 0 aliphatic heterocycles. The van der Waals surface area contributed by atoms with Crippen LogP contribution in [-0.2, 0) is 13.1 Å². The number of benzene rings is 1. The highest BCUT2D eigenvalue weighted by molar-refractivity contribution is 5.79. The van der Waals surface area contributed by atoms with Crippen LogP contribution < -0.4 is 16.2 Å². The number of hydrogen-bond donors (Lipinski definition) is 2. The third-order valence-electron chi connectivity index (χ3n) is 3.38. The topological polar surface area (TPSA) is 58.4 Å². The van der Waals surface area contributed by atoms with Crippen molar-refractivity contribution in [3.05, 3.63) is 70.1 Å². The maximum atomic E-state index is 11.7. The third kappa shape index (κ3) is 5.29. The fourth-order valence-corrected chi connectivity index (χ4v) is 2.22. The van der Waals surface area contributed by atoms with E-state index in [9.17, 15) is 4.79 Å². The molecule has 0 amide bonds. The van der Waals surface area contributed by atoms with E-state index in [2.05, 4.69) is 27.8 Å². The molecule has 0 bridgehead atoms. The standard InChI is InChI=1S/C18H24N4O/c1-3-19-18(20-4-2)21-13-15-8-10-16(11-9-15)14-22-12-6-5-7-17(22)23/h5-12H,3-4,13-14H2,1-2H3,(H2,19,20,21). The van der Waals surface area contributed by atoms with E-state index in [-0.39, 0.29) is 5.56 Å². The summed E-state index contributed by atoms with van der Waals surface area (Å²) in [5.41, 5.74) is 2.26. The Morgan fingerprint density at radius 1 is 1.00 bits per heavy atom. The van der Waals surface area contributed by atoms with Crippen LogP contribution in [0.5, 0.6) is 0 Å². The van der Waals surface area contributed by atoms with Crippen molar-refractivity contribution in [2.24, 2.45) is 4.99 Å². The monoisotopic (exact) mass is 312 g/mol. The minimum Gasteiger partial charge on any atom is -0.357 e. The van der Waals surface area contributed by atoms with Crippen molar-refractivity contribution in [2.75, 3.05) is 13.1 Å². The molecule has 0 spiro atoms. The van der Waals surface area contributed by atoms with Gasteiger partial charge in [-0.3, -0.25) is 4.79 Å². The second-order valence-corrected chi connectivity index (χ2v) is 5.21. The number of rotatable bonds is 6. The molecule has 0 saturated carbocycles. The van der Waals surface area contributed by atoms with E-state index in [0.29, 0.717) is 13.1 Å². The fourth-order valence-electron chi connectivity index (χ4n) is 2.22. The molecule has 0 atom stereocenters. The summed E-state index contributed by atoms with van der Waals surface area (Å²) in [5, 5.41) is 6.41. The minimum atomic E-state index is 0.0158. The molecule has 0 aliphatic carbocycles.